The van der Waals surface area contributed by atoms with Crippen LogP contribution in [0.2, 0.25) is 0 Å². The van der Waals surface area contributed by atoms with Gasteiger partial charge in [0.15, 0.2) is 0 Å². The van der Waals surface area contributed by atoms with E-state index >= 15 is 0 Å². The molecule has 0 atom stereocenters. The van der Waals surface area contributed by atoms with Gasteiger partial charge in [-0.15, -0.1) is 0 Å². The van der Waals surface area contributed by atoms with Crippen LogP contribution in [0.5, 0.6) is 0 Å². The van der Waals surface area contributed by atoms with Crippen molar-refractivity contribution in [3.63, 3.8) is 0 Å². The molecule has 0 bridgehead atoms. The van der Waals surface area contributed by atoms with Crippen molar-refractivity contribution in [1.82, 2.24) is 0 Å². The minimum Gasteiger partial charge on any atom is -0.392 e. The van der Waals surface area contributed by atoms with Gasteiger partial charge in [-0.25, -0.2) is 4.58 Å². The largest absolute Gasteiger partial charge is 0.550 e. The maximum absolute atomic E-state index is 8.10. The molecule has 0 saturated carbocycles. The average molecular weight is 126 g/mol. The van der Waals surface area contributed by atoms with Crippen molar-refractivity contribution >= 4 is 8.80 Å². The molecule has 0 fully saturated rings. The molecular formula is CH6O5Si. The van der Waals surface area contributed by atoms with E-state index in [4.69, 9.17) is 20.0 Å². The van der Waals surface area contributed by atoms with Crippen LogP contribution < -0.4 is 0 Å². The van der Waals surface area contributed by atoms with Crippen LogP contribution in [0.4, 0.5) is 0 Å². The minimum atomic E-state index is -4.04. The molecule has 0 aliphatic rings. The first-order chi connectivity index (χ1) is 3.12. The fourth-order valence-corrected chi connectivity index (χ4v) is 0.0866. The zero-order chi connectivity index (χ0) is 5.91. The molecule has 0 spiro atoms. The lowest BCUT2D eigenvalue weighted by atomic mass is 11.7. The summed E-state index contributed by atoms with van der Waals surface area (Å²) in [5.41, 5.74) is 0. The maximum atomic E-state index is 8.10. The summed E-state index contributed by atoms with van der Waals surface area (Å²) < 4.78 is 3.09. The first-order valence-electron chi connectivity index (χ1n) is 1.50. The standard InChI is InChI=1S/CH6O5Si/c2-1-7(4,5)6-3/h2-5H,1H2. The second-order valence-corrected chi connectivity index (χ2v) is 2.98. The summed E-state index contributed by atoms with van der Waals surface area (Å²) in [5.74, 6) is 0. The predicted octanol–water partition coefficient (Wildman–Crippen LogP) is -2.07. The van der Waals surface area contributed by atoms with E-state index in [1.54, 1.807) is 0 Å². The third-order valence-electron chi connectivity index (χ3n) is 0.352. The minimum absolute atomic E-state index is 0.927. The van der Waals surface area contributed by atoms with Crippen molar-refractivity contribution in [2.24, 2.45) is 0 Å². The summed E-state index contributed by atoms with van der Waals surface area (Å²) in [7, 11) is -4.04. The second-order valence-electron chi connectivity index (χ2n) is 0.993. The van der Waals surface area contributed by atoms with Crippen LogP contribution in [0.25, 0.3) is 0 Å². The van der Waals surface area contributed by atoms with Crippen LogP contribution in [0.15, 0.2) is 0 Å². The van der Waals surface area contributed by atoms with Gasteiger partial charge >= 0.3 is 8.80 Å². The summed E-state index contributed by atoms with van der Waals surface area (Å²) in [6.45, 7) is 0. The number of rotatable bonds is 2. The van der Waals surface area contributed by atoms with Crippen LogP contribution in [0, 0.1) is 0 Å². The van der Waals surface area contributed by atoms with E-state index in [1.807, 2.05) is 0 Å². The molecule has 5 nitrogen and oxygen atoms in total. The Morgan fingerprint density at radius 2 is 1.86 bits per heavy atom. The number of hydrogen-bond donors (Lipinski definition) is 4. The molecule has 0 radical (unpaired) electrons. The van der Waals surface area contributed by atoms with Gasteiger partial charge in [-0.3, -0.25) is 5.26 Å². The fourth-order valence-electron chi connectivity index (χ4n) is 0.0289. The van der Waals surface area contributed by atoms with Crippen molar-refractivity contribution in [3.05, 3.63) is 0 Å². The van der Waals surface area contributed by atoms with Gasteiger partial charge in [0.2, 0.25) is 0 Å². The van der Waals surface area contributed by atoms with Crippen LogP contribution >= 0.6 is 0 Å². The van der Waals surface area contributed by atoms with Gasteiger partial charge < -0.3 is 14.7 Å². The molecule has 0 saturated heterocycles. The van der Waals surface area contributed by atoms with Gasteiger partial charge in [-0.05, 0) is 0 Å². The molecule has 0 aliphatic carbocycles. The van der Waals surface area contributed by atoms with Crippen molar-refractivity contribution < 1.29 is 24.5 Å². The molecule has 0 heterocycles. The quantitative estimate of drug-likeness (QED) is 0.194. The Morgan fingerprint density at radius 3 is 1.86 bits per heavy atom. The maximum Gasteiger partial charge on any atom is 0.550 e. The summed E-state index contributed by atoms with van der Waals surface area (Å²) in [4.78, 5) is 16.2. The lowest BCUT2D eigenvalue weighted by molar-refractivity contribution is -0.190. The Morgan fingerprint density at radius 1 is 1.43 bits per heavy atom. The molecule has 7 heavy (non-hydrogen) atoms. The predicted molar refractivity (Wildman–Crippen MR) is 21.0 cm³/mol. The summed E-state index contributed by atoms with van der Waals surface area (Å²) >= 11 is 0. The Labute approximate surface area is 40.7 Å². The van der Waals surface area contributed by atoms with Gasteiger partial charge in [0.1, 0.15) is 6.23 Å². The van der Waals surface area contributed by atoms with Crippen molar-refractivity contribution in [1.29, 1.82) is 0 Å². The van der Waals surface area contributed by atoms with Gasteiger partial charge in [0, 0.05) is 0 Å². The van der Waals surface area contributed by atoms with Crippen LogP contribution in [0.3, 0.4) is 0 Å². The van der Waals surface area contributed by atoms with Crippen LogP contribution in [-0.2, 0) is 4.58 Å². The number of hydrogen-bond acceptors (Lipinski definition) is 5. The molecule has 0 aromatic rings. The summed E-state index contributed by atoms with van der Waals surface area (Å²) in [6, 6.07) is 0. The van der Waals surface area contributed by atoms with Gasteiger partial charge in [-0.2, -0.15) is 0 Å². The second kappa shape index (κ2) is 2.36. The molecule has 0 aromatic heterocycles. The van der Waals surface area contributed by atoms with Gasteiger partial charge in [-0.1, -0.05) is 0 Å². The van der Waals surface area contributed by atoms with Gasteiger partial charge in [0.25, 0.3) is 0 Å². The molecular weight excluding hydrogens is 120 g/mol. The molecule has 0 amide bonds. The molecule has 0 aromatic carbocycles. The van der Waals surface area contributed by atoms with Crippen molar-refractivity contribution in [2.45, 2.75) is 0 Å². The number of aliphatic hydroxyl groups is 1. The fraction of sp³-hybridized carbons (Fsp3) is 1.00. The lowest BCUT2D eigenvalue weighted by Gasteiger charge is -2.06. The van der Waals surface area contributed by atoms with E-state index in [0.29, 0.717) is 0 Å². The molecule has 0 aliphatic heterocycles. The Hall–Kier alpha value is 0.0169. The highest BCUT2D eigenvalue weighted by atomic mass is 28.4. The third kappa shape index (κ3) is 2.68. The first-order valence-corrected chi connectivity index (χ1v) is 3.51. The average Bonchev–Trinajstić information content (AvgIpc) is 1.68. The van der Waals surface area contributed by atoms with E-state index in [-0.39, 0.29) is 0 Å². The highest BCUT2D eigenvalue weighted by Gasteiger charge is 2.31. The van der Waals surface area contributed by atoms with Crippen LogP contribution in [-0.4, -0.2) is 35.0 Å². The first kappa shape index (κ1) is 7.02. The van der Waals surface area contributed by atoms with Crippen molar-refractivity contribution in [2.75, 3.05) is 6.23 Å². The Bertz CT molecular complexity index is 46.0. The number of aliphatic hydroxyl groups excluding tert-OH is 1. The van der Waals surface area contributed by atoms with Crippen molar-refractivity contribution in [3.8, 4) is 0 Å². The highest BCUT2D eigenvalue weighted by Crippen LogP contribution is 1.86. The Balaban J connectivity index is 3.36. The molecule has 44 valence electrons. The van der Waals surface area contributed by atoms with E-state index in [0.717, 1.165) is 0 Å². The van der Waals surface area contributed by atoms with Crippen LogP contribution in [0.1, 0.15) is 0 Å². The van der Waals surface area contributed by atoms with E-state index in [1.165, 1.54) is 0 Å². The Kier molecular flexibility index (Phi) is 2.36. The zero-order valence-electron chi connectivity index (χ0n) is 3.40. The SMILES string of the molecule is OC[Si](O)(O)OO. The molecule has 0 rings (SSSR count). The smallest absolute Gasteiger partial charge is 0.392 e. The lowest BCUT2D eigenvalue weighted by Crippen LogP contribution is -2.42. The third-order valence-corrected chi connectivity index (χ3v) is 1.06. The topological polar surface area (TPSA) is 90.2 Å². The molecule has 0 unspecified atom stereocenters. The summed E-state index contributed by atoms with van der Waals surface area (Å²) in [5, 5.41) is 15.4. The molecule has 4 N–H and O–H groups in total. The van der Waals surface area contributed by atoms with E-state index in [2.05, 4.69) is 4.58 Å². The highest BCUT2D eigenvalue weighted by molar-refractivity contribution is 6.57. The normalized spacial score (nSPS) is 12.0. The van der Waals surface area contributed by atoms with Gasteiger partial charge in [0.05, 0.1) is 0 Å². The van der Waals surface area contributed by atoms with E-state index < -0.39 is 15.0 Å². The zero-order valence-corrected chi connectivity index (χ0v) is 4.40. The molecule has 6 heteroatoms. The van der Waals surface area contributed by atoms with E-state index in [9.17, 15) is 0 Å². The summed E-state index contributed by atoms with van der Waals surface area (Å²) in [6.07, 6.45) is -0.927. The monoisotopic (exact) mass is 126 g/mol.